The second-order valence-corrected chi connectivity index (χ2v) is 5.19. The molecule has 1 amide bonds. The van der Waals surface area contributed by atoms with Gasteiger partial charge in [-0.15, -0.1) is 0 Å². The first-order chi connectivity index (χ1) is 8.66. The minimum Gasteiger partial charge on any atom is -0.468 e. The normalized spacial score (nSPS) is 19.7. The number of furan rings is 1. The number of amides is 1. The van der Waals surface area contributed by atoms with Gasteiger partial charge in [-0.3, -0.25) is 9.69 Å². The van der Waals surface area contributed by atoms with Crippen LogP contribution in [0, 0.1) is 5.92 Å². The lowest BCUT2D eigenvalue weighted by Crippen LogP contribution is -2.41. The molecule has 4 heteroatoms. The van der Waals surface area contributed by atoms with Crippen molar-refractivity contribution in [2.75, 3.05) is 19.6 Å². The van der Waals surface area contributed by atoms with Gasteiger partial charge >= 0.3 is 0 Å². The van der Waals surface area contributed by atoms with Crippen LogP contribution in [-0.4, -0.2) is 30.4 Å². The van der Waals surface area contributed by atoms with Crippen LogP contribution in [0.1, 0.15) is 38.5 Å². The summed E-state index contributed by atoms with van der Waals surface area (Å²) in [7, 11) is 0. The highest BCUT2D eigenvalue weighted by Crippen LogP contribution is 2.26. The van der Waals surface area contributed by atoms with Gasteiger partial charge in [0, 0.05) is 13.5 Å². The van der Waals surface area contributed by atoms with Crippen LogP contribution in [-0.2, 0) is 4.79 Å². The Morgan fingerprint density at radius 3 is 2.83 bits per heavy atom. The van der Waals surface area contributed by atoms with Gasteiger partial charge in [0.2, 0.25) is 5.91 Å². The van der Waals surface area contributed by atoms with Crippen LogP contribution in [0.25, 0.3) is 0 Å². The highest BCUT2D eigenvalue weighted by atomic mass is 16.3. The van der Waals surface area contributed by atoms with Crippen molar-refractivity contribution in [3.63, 3.8) is 0 Å². The van der Waals surface area contributed by atoms with Crippen LogP contribution in [0.2, 0.25) is 0 Å². The number of hydrogen-bond acceptors (Lipinski definition) is 3. The Kier molecular flexibility index (Phi) is 4.42. The van der Waals surface area contributed by atoms with Gasteiger partial charge in [-0.2, -0.15) is 0 Å². The zero-order valence-electron chi connectivity index (χ0n) is 11.2. The summed E-state index contributed by atoms with van der Waals surface area (Å²) < 4.78 is 5.52. The van der Waals surface area contributed by atoms with E-state index in [0.29, 0.717) is 6.54 Å². The summed E-state index contributed by atoms with van der Waals surface area (Å²) in [5.74, 6) is 1.76. The van der Waals surface area contributed by atoms with E-state index in [9.17, 15) is 4.79 Å². The molecular formula is C14H22N2O2. The number of nitrogens with zero attached hydrogens (tertiary/aromatic N) is 1. The molecule has 1 aromatic rings. The molecule has 1 aliphatic heterocycles. The molecular weight excluding hydrogens is 228 g/mol. The van der Waals surface area contributed by atoms with E-state index < -0.39 is 0 Å². The minimum atomic E-state index is 0.0110. The zero-order valence-corrected chi connectivity index (χ0v) is 11.2. The molecule has 1 unspecified atom stereocenters. The summed E-state index contributed by atoms with van der Waals surface area (Å²) >= 11 is 0. The predicted octanol–water partition coefficient (Wildman–Crippen LogP) is 2.19. The molecule has 1 atom stereocenters. The second kappa shape index (κ2) is 6.05. The van der Waals surface area contributed by atoms with Gasteiger partial charge in [0.05, 0.1) is 12.3 Å². The largest absolute Gasteiger partial charge is 0.468 e. The maximum absolute atomic E-state index is 11.1. The average Bonchev–Trinajstić information content (AvgIpc) is 2.85. The van der Waals surface area contributed by atoms with E-state index in [2.05, 4.69) is 17.1 Å². The van der Waals surface area contributed by atoms with Crippen LogP contribution in [0.15, 0.2) is 22.8 Å². The minimum absolute atomic E-state index is 0.0110. The molecule has 4 nitrogen and oxygen atoms in total. The van der Waals surface area contributed by atoms with Gasteiger partial charge in [-0.05, 0) is 44.0 Å². The quantitative estimate of drug-likeness (QED) is 0.891. The first-order valence-corrected chi connectivity index (χ1v) is 6.68. The third-order valence-corrected chi connectivity index (χ3v) is 3.67. The highest BCUT2D eigenvalue weighted by Gasteiger charge is 2.26. The standard InChI is InChI=1S/C14H22N2O2/c1-11-5-7-16(8-6-11)13(10-15-12(2)17)14-4-3-9-18-14/h3-4,9,11,13H,5-8,10H2,1-2H3,(H,15,17). The molecule has 1 fully saturated rings. The third kappa shape index (κ3) is 3.35. The smallest absolute Gasteiger partial charge is 0.216 e. The van der Waals surface area contributed by atoms with Crippen LogP contribution in [0.3, 0.4) is 0 Å². The summed E-state index contributed by atoms with van der Waals surface area (Å²) in [4.78, 5) is 13.5. The summed E-state index contributed by atoms with van der Waals surface area (Å²) in [6.45, 7) is 6.62. The van der Waals surface area contributed by atoms with E-state index in [1.165, 1.54) is 12.8 Å². The van der Waals surface area contributed by atoms with Gasteiger partial charge in [0.25, 0.3) is 0 Å². The Morgan fingerprint density at radius 1 is 1.56 bits per heavy atom. The van der Waals surface area contributed by atoms with Crippen molar-refractivity contribution >= 4 is 5.91 Å². The van der Waals surface area contributed by atoms with E-state index >= 15 is 0 Å². The number of nitrogens with one attached hydrogen (secondary N) is 1. The number of rotatable bonds is 4. The second-order valence-electron chi connectivity index (χ2n) is 5.19. The van der Waals surface area contributed by atoms with Crippen molar-refractivity contribution in [2.45, 2.75) is 32.7 Å². The Balaban J connectivity index is 2.02. The van der Waals surface area contributed by atoms with Gasteiger partial charge < -0.3 is 9.73 Å². The lowest BCUT2D eigenvalue weighted by atomic mass is 9.97. The monoisotopic (exact) mass is 250 g/mol. The summed E-state index contributed by atoms with van der Waals surface area (Å²) in [6.07, 6.45) is 4.14. The van der Waals surface area contributed by atoms with E-state index in [1.54, 1.807) is 13.2 Å². The maximum atomic E-state index is 11.1. The topological polar surface area (TPSA) is 45.5 Å². The number of piperidine rings is 1. The van der Waals surface area contributed by atoms with Gasteiger partial charge in [-0.25, -0.2) is 0 Å². The lowest BCUT2D eigenvalue weighted by Gasteiger charge is -2.35. The third-order valence-electron chi connectivity index (χ3n) is 3.67. The van der Waals surface area contributed by atoms with Crippen molar-refractivity contribution in [2.24, 2.45) is 5.92 Å². The first kappa shape index (κ1) is 13.1. The molecule has 100 valence electrons. The molecule has 2 heterocycles. The fraction of sp³-hybridized carbons (Fsp3) is 0.643. The van der Waals surface area contributed by atoms with E-state index in [1.807, 2.05) is 12.1 Å². The van der Waals surface area contributed by atoms with Crippen LogP contribution in [0.5, 0.6) is 0 Å². The highest BCUT2D eigenvalue weighted by molar-refractivity contribution is 5.72. The Morgan fingerprint density at radius 2 is 2.28 bits per heavy atom. The lowest BCUT2D eigenvalue weighted by molar-refractivity contribution is -0.119. The van der Waals surface area contributed by atoms with Gasteiger partial charge in [0.15, 0.2) is 0 Å². The molecule has 2 rings (SSSR count). The van der Waals surface area contributed by atoms with E-state index in [4.69, 9.17) is 4.42 Å². The Hall–Kier alpha value is -1.29. The number of likely N-dealkylation sites (tertiary alicyclic amines) is 1. The van der Waals surface area contributed by atoms with Crippen molar-refractivity contribution in [3.05, 3.63) is 24.2 Å². The van der Waals surface area contributed by atoms with E-state index in [-0.39, 0.29) is 11.9 Å². The fourth-order valence-electron chi connectivity index (χ4n) is 2.47. The summed E-state index contributed by atoms with van der Waals surface area (Å²) in [5, 5.41) is 2.90. The number of carbonyl (C=O) groups excluding carboxylic acids is 1. The van der Waals surface area contributed by atoms with Crippen molar-refractivity contribution < 1.29 is 9.21 Å². The number of carbonyl (C=O) groups is 1. The number of hydrogen-bond donors (Lipinski definition) is 1. The average molecular weight is 250 g/mol. The molecule has 18 heavy (non-hydrogen) atoms. The molecule has 0 spiro atoms. The van der Waals surface area contributed by atoms with Gasteiger partial charge in [0.1, 0.15) is 5.76 Å². The molecule has 1 N–H and O–H groups in total. The predicted molar refractivity (Wildman–Crippen MR) is 70.1 cm³/mol. The molecule has 0 bridgehead atoms. The van der Waals surface area contributed by atoms with Crippen molar-refractivity contribution in [3.8, 4) is 0 Å². The van der Waals surface area contributed by atoms with Crippen molar-refractivity contribution in [1.82, 2.24) is 10.2 Å². The van der Waals surface area contributed by atoms with Crippen LogP contribution < -0.4 is 5.32 Å². The SMILES string of the molecule is CC(=O)NCC(c1ccco1)N1CCC(C)CC1. The maximum Gasteiger partial charge on any atom is 0.216 e. The molecule has 1 aromatic heterocycles. The molecule has 1 saturated heterocycles. The van der Waals surface area contributed by atoms with Crippen molar-refractivity contribution in [1.29, 1.82) is 0 Å². The molecule has 0 aromatic carbocycles. The molecule has 0 aliphatic carbocycles. The fourth-order valence-corrected chi connectivity index (χ4v) is 2.47. The molecule has 0 radical (unpaired) electrons. The Labute approximate surface area is 108 Å². The van der Waals surface area contributed by atoms with Gasteiger partial charge in [-0.1, -0.05) is 6.92 Å². The first-order valence-electron chi connectivity index (χ1n) is 6.68. The summed E-state index contributed by atoms with van der Waals surface area (Å²) in [5.41, 5.74) is 0. The molecule has 1 aliphatic rings. The molecule has 0 saturated carbocycles. The zero-order chi connectivity index (χ0) is 13.0. The van der Waals surface area contributed by atoms with Crippen LogP contribution in [0.4, 0.5) is 0 Å². The Bertz CT molecular complexity index is 367. The van der Waals surface area contributed by atoms with Crippen LogP contribution >= 0.6 is 0 Å². The van der Waals surface area contributed by atoms with E-state index in [0.717, 1.165) is 24.8 Å². The summed E-state index contributed by atoms with van der Waals surface area (Å²) in [6, 6.07) is 4.06.